The molecule has 0 radical (unpaired) electrons. The Balaban J connectivity index is -0.000000291. The van der Waals surface area contributed by atoms with Crippen LogP contribution in [0.5, 0.6) is 11.5 Å². The van der Waals surface area contributed by atoms with E-state index >= 15 is 0 Å². The van der Waals surface area contributed by atoms with Gasteiger partial charge in [-0.1, -0.05) is 24.3 Å². The number of hydrogen-bond acceptors (Lipinski definition) is 7. The number of hydrogen-bond donors (Lipinski definition) is 4. The van der Waals surface area contributed by atoms with Gasteiger partial charge in [0.25, 0.3) is 0 Å². The van der Waals surface area contributed by atoms with E-state index in [2.05, 4.69) is 0 Å². The standard InChI is InChI=1S/2C7H6O2.C2H4O3.H2O.Ti/c2*8-5-6-3-1-2-4-7(6)9;3-1-2(4)5;;/h2*1-5,9H;3H,1H2,(H,4,5);1H2;/p-1. The van der Waals surface area contributed by atoms with Gasteiger partial charge in [-0.05, 0) is 24.3 Å². The third-order valence-corrected chi connectivity index (χ3v) is 2.26. The van der Waals surface area contributed by atoms with Crippen LogP contribution in [0.15, 0.2) is 48.5 Å². The first-order valence-corrected chi connectivity index (χ1v) is 6.25. The van der Waals surface area contributed by atoms with Gasteiger partial charge in [-0.2, -0.15) is 0 Å². The summed E-state index contributed by atoms with van der Waals surface area (Å²) in [4.78, 5) is 29.3. The monoisotopic (exact) mass is 385 g/mol. The van der Waals surface area contributed by atoms with Crippen LogP contribution in [0.25, 0.3) is 0 Å². The maximum absolute atomic E-state index is 10.1. The molecule has 2 aromatic carbocycles. The summed E-state index contributed by atoms with van der Waals surface area (Å²) in [6, 6.07) is 12.8. The Morgan fingerprint density at radius 2 is 1.12 bits per heavy atom. The Morgan fingerprint density at radius 1 is 0.840 bits per heavy atom. The molecule has 0 amide bonds. The average Bonchev–Trinajstić information content (AvgIpc) is 2.57. The summed E-state index contributed by atoms with van der Waals surface area (Å²) in [5.41, 5.74) is 0.662. The zero-order valence-corrected chi connectivity index (χ0v) is 14.5. The van der Waals surface area contributed by atoms with Crippen LogP contribution in [0, 0.1) is 0 Å². The number of carbonyl (C=O) groups excluding carboxylic acids is 2. The van der Waals surface area contributed by atoms with Gasteiger partial charge in [0.2, 0.25) is 0 Å². The quantitative estimate of drug-likeness (QED) is 0.454. The molecule has 0 atom stereocenters. The van der Waals surface area contributed by atoms with Gasteiger partial charge in [0.1, 0.15) is 18.1 Å². The molecule has 9 heteroatoms. The first-order chi connectivity index (χ1) is 11.0. The van der Waals surface area contributed by atoms with Crippen molar-refractivity contribution in [3.8, 4) is 11.5 Å². The molecule has 2 rings (SSSR count). The van der Waals surface area contributed by atoms with Gasteiger partial charge in [-0.15, -0.1) is 0 Å². The van der Waals surface area contributed by atoms with E-state index in [1.807, 2.05) is 0 Å². The van der Waals surface area contributed by atoms with Gasteiger partial charge in [0, 0.05) is 21.7 Å². The molecular weight excluding hydrogens is 368 g/mol. The number of carbonyl (C=O) groups is 3. The number of carboxylic acid groups (broad SMARTS) is 1. The number of aliphatic hydroxyl groups is 1. The van der Waals surface area contributed by atoms with E-state index in [0.717, 1.165) is 0 Å². The minimum atomic E-state index is -1.19. The molecule has 0 aromatic heterocycles. The van der Waals surface area contributed by atoms with Crippen LogP contribution < -0.4 is 0 Å². The number of rotatable bonds is 3. The number of carboxylic acids is 1. The van der Waals surface area contributed by atoms with Crippen LogP contribution in [-0.2, 0) is 26.5 Å². The summed E-state index contributed by atoms with van der Waals surface area (Å²) in [6.45, 7) is -0.778. The Bertz CT molecular complexity index is 596. The van der Waals surface area contributed by atoms with Crippen molar-refractivity contribution in [1.82, 2.24) is 0 Å². The number of aromatic hydroxyl groups is 2. The van der Waals surface area contributed by atoms with Crippen LogP contribution in [0.4, 0.5) is 0 Å². The fourth-order valence-corrected chi connectivity index (χ4v) is 1.17. The van der Waals surface area contributed by atoms with Crippen molar-refractivity contribution in [3.63, 3.8) is 0 Å². The van der Waals surface area contributed by atoms with Crippen molar-refractivity contribution >= 4 is 18.5 Å². The number of benzene rings is 2. The van der Waals surface area contributed by atoms with Gasteiger partial charge < -0.3 is 25.9 Å². The zero-order valence-electron chi connectivity index (χ0n) is 12.9. The van der Waals surface area contributed by atoms with Crippen LogP contribution in [-0.4, -0.2) is 51.1 Å². The van der Waals surface area contributed by atoms with Crippen LogP contribution in [0.3, 0.4) is 0 Å². The van der Waals surface area contributed by atoms with E-state index in [1.54, 1.807) is 36.4 Å². The molecule has 5 N–H and O–H groups in total. The summed E-state index contributed by atoms with van der Waals surface area (Å²) in [5.74, 6) is -1.12. The summed E-state index contributed by atoms with van der Waals surface area (Å²) >= 11 is 0. The second-order valence-electron chi connectivity index (χ2n) is 3.91. The summed E-state index contributed by atoms with van der Waals surface area (Å²) in [7, 11) is 0. The summed E-state index contributed by atoms with van der Waals surface area (Å²) < 4.78 is 0. The minimum absolute atomic E-state index is 0. The largest absolute Gasteiger partial charge is 0.870 e. The van der Waals surface area contributed by atoms with Crippen LogP contribution >= 0.6 is 0 Å². The molecule has 0 heterocycles. The molecule has 0 aliphatic rings. The third-order valence-electron chi connectivity index (χ3n) is 2.26. The van der Waals surface area contributed by atoms with E-state index in [1.165, 1.54) is 12.1 Å². The molecule has 0 saturated heterocycles. The van der Waals surface area contributed by atoms with Crippen molar-refractivity contribution in [3.05, 3.63) is 59.7 Å². The molecule has 0 saturated carbocycles. The molecule has 8 nitrogen and oxygen atoms in total. The molecule has 0 aliphatic carbocycles. The first-order valence-electron chi connectivity index (χ1n) is 6.25. The molecule has 0 fully saturated rings. The van der Waals surface area contributed by atoms with Crippen molar-refractivity contribution in [2.24, 2.45) is 0 Å². The number of aliphatic hydroxyl groups excluding tert-OH is 1. The van der Waals surface area contributed by atoms with Crippen molar-refractivity contribution in [2.75, 3.05) is 6.61 Å². The predicted molar refractivity (Wildman–Crippen MR) is 83.6 cm³/mol. The second-order valence-corrected chi connectivity index (χ2v) is 3.91. The Kier molecular flexibility index (Phi) is 17.9. The average molecular weight is 385 g/mol. The molecule has 0 unspecified atom stereocenters. The van der Waals surface area contributed by atoms with Crippen molar-refractivity contribution < 1.29 is 62.0 Å². The first kappa shape index (κ1) is 27.3. The maximum atomic E-state index is 10.1. The fraction of sp³-hybridized carbons (Fsp3) is 0.0625. The number of phenolic OH excluding ortho intramolecular Hbond substituents is 2. The van der Waals surface area contributed by atoms with Crippen molar-refractivity contribution in [2.45, 2.75) is 0 Å². The Labute approximate surface area is 158 Å². The van der Waals surface area contributed by atoms with Crippen molar-refractivity contribution in [1.29, 1.82) is 0 Å². The molecule has 2 aromatic rings. The SMILES string of the molecule is O=C(O)CO.O=Cc1ccccc1O.O=Cc1ccccc1O.[OH-].[Ti]. The Hall–Kier alpha value is -2.52. The van der Waals surface area contributed by atoms with E-state index in [-0.39, 0.29) is 38.7 Å². The van der Waals surface area contributed by atoms with Crippen LogP contribution in [0.2, 0.25) is 0 Å². The topological polar surface area (TPSA) is 162 Å². The Morgan fingerprint density at radius 3 is 1.28 bits per heavy atom. The minimum Gasteiger partial charge on any atom is -0.870 e. The number of para-hydroxylation sites is 2. The van der Waals surface area contributed by atoms with E-state index in [9.17, 15) is 9.59 Å². The summed E-state index contributed by atoms with van der Waals surface area (Å²) in [5, 5.41) is 32.8. The van der Waals surface area contributed by atoms with Gasteiger partial charge in [-0.25, -0.2) is 4.79 Å². The molecule has 25 heavy (non-hydrogen) atoms. The number of phenols is 2. The maximum Gasteiger partial charge on any atom is 0.329 e. The van der Waals surface area contributed by atoms with E-state index in [4.69, 9.17) is 25.2 Å². The van der Waals surface area contributed by atoms with Gasteiger partial charge in [-0.3, -0.25) is 9.59 Å². The van der Waals surface area contributed by atoms with Gasteiger partial charge >= 0.3 is 5.97 Å². The van der Waals surface area contributed by atoms with Gasteiger partial charge in [0.05, 0.1) is 11.1 Å². The van der Waals surface area contributed by atoms with Crippen LogP contribution in [0.1, 0.15) is 20.7 Å². The zero-order chi connectivity index (χ0) is 17.7. The van der Waals surface area contributed by atoms with E-state index in [0.29, 0.717) is 23.7 Å². The normalized spacial score (nSPS) is 7.88. The number of aliphatic carboxylic acids is 1. The molecule has 0 bridgehead atoms. The predicted octanol–water partition coefficient (Wildman–Crippen LogP) is 1.29. The summed E-state index contributed by atoms with van der Waals surface area (Å²) in [6.07, 6.45) is 1.24. The number of aldehydes is 2. The second kappa shape index (κ2) is 16.3. The molecular formula is C16H17O8Ti-. The molecule has 0 aliphatic heterocycles. The van der Waals surface area contributed by atoms with Gasteiger partial charge in [0.15, 0.2) is 12.6 Å². The molecule has 0 spiro atoms. The smallest absolute Gasteiger partial charge is 0.329 e. The van der Waals surface area contributed by atoms with E-state index < -0.39 is 12.6 Å². The third kappa shape index (κ3) is 12.6. The molecule has 134 valence electrons. The fourth-order valence-electron chi connectivity index (χ4n) is 1.17.